The lowest BCUT2D eigenvalue weighted by Crippen LogP contribution is -2.34. The van der Waals surface area contributed by atoms with Gasteiger partial charge >= 0.3 is 0 Å². The van der Waals surface area contributed by atoms with Crippen LogP contribution in [0.1, 0.15) is 25.0 Å². The van der Waals surface area contributed by atoms with Crippen LogP contribution in [0.15, 0.2) is 30.9 Å². The third kappa shape index (κ3) is 4.31. The number of aromatic nitrogens is 4. The molecule has 1 N–H and O–H groups in total. The SMILES string of the molecule is CNc1cnc(C[C@@H]2CCCN(C(=O)Cn3cccn3)CC2)cn1. The normalized spacial score (nSPS) is 18.2. The minimum Gasteiger partial charge on any atom is -0.372 e. The van der Waals surface area contributed by atoms with Crippen molar-refractivity contribution in [3.8, 4) is 0 Å². The second-order valence-corrected chi connectivity index (χ2v) is 6.23. The Morgan fingerprint density at radius 1 is 1.29 bits per heavy atom. The van der Waals surface area contributed by atoms with E-state index in [0.717, 1.165) is 50.3 Å². The van der Waals surface area contributed by atoms with E-state index in [-0.39, 0.29) is 5.91 Å². The average molecular weight is 328 g/mol. The van der Waals surface area contributed by atoms with Crippen LogP contribution in [0.5, 0.6) is 0 Å². The fraction of sp³-hybridized carbons (Fsp3) is 0.529. The van der Waals surface area contributed by atoms with E-state index in [1.54, 1.807) is 17.1 Å². The van der Waals surface area contributed by atoms with Crippen LogP contribution in [0.25, 0.3) is 0 Å². The van der Waals surface area contributed by atoms with Crippen LogP contribution in [0.4, 0.5) is 5.82 Å². The molecule has 0 unspecified atom stereocenters. The Kier molecular flexibility index (Phi) is 5.40. The monoisotopic (exact) mass is 328 g/mol. The van der Waals surface area contributed by atoms with Crippen molar-refractivity contribution in [1.29, 1.82) is 0 Å². The largest absolute Gasteiger partial charge is 0.372 e. The molecule has 1 atom stereocenters. The summed E-state index contributed by atoms with van der Waals surface area (Å²) < 4.78 is 1.68. The van der Waals surface area contributed by atoms with Crippen molar-refractivity contribution in [3.05, 3.63) is 36.5 Å². The van der Waals surface area contributed by atoms with Crippen molar-refractivity contribution in [2.45, 2.75) is 32.2 Å². The molecule has 7 nitrogen and oxygen atoms in total. The molecule has 0 spiro atoms. The molecule has 3 heterocycles. The summed E-state index contributed by atoms with van der Waals surface area (Å²) >= 11 is 0. The highest BCUT2D eigenvalue weighted by atomic mass is 16.2. The van der Waals surface area contributed by atoms with E-state index in [1.165, 1.54) is 0 Å². The number of hydrogen-bond acceptors (Lipinski definition) is 5. The number of nitrogens with one attached hydrogen (secondary N) is 1. The fourth-order valence-electron chi connectivity index (χ4n) is 3.14. The summed E-state index contributed by atoms with van der Waals surface area (Å²) in [5, 5.41) is 7.09. The second kappa shape index (κ2) is 7.90. The molecule has 0 bridgehead atoms. The van der Waals surface area contributed by atoms with Gasteiger partial charge < -0.3 is 10.2 Å². The maximum Gasteiger partial charge on any atom is 0.244 e. The number of anilines is 1. The molecular weight excluding hydrogens is 304 g/mol. The maximum absolute atomic E-state index is 12.4. The van der Waals surface area contributed by atoms with Gasteiger partial charge in [0.15, 0.2) is 0 Å². The quantitative estimate of drug-likeness (QED) is 0.902. The van der Waals surface area contributed by atoms with Crippen molar-refractivity contribution < 1.29 is 4.79 Å². The van der Waals surface area contributed by atoms with E-state index in [1.807, 2.05) is 30.4 Å². The predicted molar refractivity (Wildman–Crippen MR) is 91.4 cm³/mol. The Labute approximate surface area is 142 Å². The smallest absolute Gasteiger partial charge is 0.244 e. The van der Waals surface area contributed by atoms with Crippen molar-refractivity contribution in [2.24, 2.45) is 5.92 Å². The average Bonchev–Trinajstić information content (AvgIpc) is 3.00. The first kappa shape index (κ1) is 16.4. The Hall–Kier alpha value is -2.44. The molecule has 1 aliphatic heterocycles. The molecule has 0 saturated carbocycles. The molecule has 0 radical (unpaired) electrons. The van der Waals surface area contributed by atoms with Crippen LogP contribution in [0, 0.1) is 5.92 Å². The molecule has 1 amide bonds. The summed E-state index contributed by atoms with van der Waals surface area (Å²) in [4.78, 5) is 23.1. The van der Waals surface area contributed by atoms with Gasteiger partial charge in [0.05, 0.1) is 18.1 Å². The van der Waals surface area contributed by atoms with Gasteiger partial charge in [-0.15, -0.1) is 0 Å². The lowest BCUT2D eigenvalue weighted by Gasteiger charge is -2.20. The first-order valence-corrected chi connectivity index (χ1v) is 8.48. The standard InChI is InChI=1S/C17H24N6O/c1-18-16-12-19-15(11-20-16)10-14-4-2-7-22(9-5-14)17(24)13-23-8-3-6-21-23/h3,6,8,11-12,14H,2,4-5,7,9-10,13H2,1H3,(H,18,20)/t14-/m1/s1. The molecule has 1 fully saturated rings. The second-order valence-electron chi connectivity index (χ2n) is 6.23. The van der Waals surface area contributed by atoms with E-state index in [4.69, 9.17) is 0 Å². The molecule has 1 saturated heterocycles. The van der Waals surface area contributed by atoms with Gasteiger partial charge in [0.1, 0.15) is 12.4 Å². The Balaban J connectivity index is 1.51. The van der Waals surface area contributed by atoms with Gasteiger partial charge in [-0.2, -0.15) is 5.10 Å². The number of carbonyl (C=O) groups is 1. The van der Waals surface area contributed by atoms with Gasteiger partial charge in [0.2, 0.25) is 5.91 Å². The Morgan fingerprint density at radius 3 is 2.92 bits per heavy atom. The first-order chi connectivity index (χ1) is 11.7. The number of nitrogens with zero attached hydrogens (tertiary/aromatic N) is 5. The minimum absolute atomic E-state index is 0.150. The predicted octanol–water partition coefficient (Wildman–Crippen LogP) is 1.59. The summed E-state index contributed by atoms with van der Waals surface area (Å²) in [5.74, 6) is 1.50. The molecule has 3 rings (SSSR count). The highest BCUT2D eigenvalue weighted by Gasteiger charge is 2.21. The molecule has 128 valence electrons. The zero-order valence-corrected chi connectivity index (χ0v) is 14.1. The van der Waals surface area contributed by atoms with E-state index >= 15 is 0 Å². The lowest BCUT2D eigenvalue weighted by molar-refractivity contribution is -0.132. The fourth-order valence-corrected chi connectivity index (χ4v) is 3.14. The van der Waals surface area contributed by atoms with Gasteiger partial charge in [-0.1, -0.05) is 0 Å². The summed E-state index contributed by atoms with van der Waals surface area (Å²) in [6.07, 6.45) is 11.2. The molecular formula is C17H24N6O. The Morgan fingerprint density at radius 2 is 2.21 bits per heavy atom. The number of hydrogen-bond donors (Lipinski definition) is 1. The summed E-state index contributed by atoms with van der Waals surface area (Å²) in [5.41, 5.74) is 1.02. The third-order valence-corrected chi connectivity index (χ3v) is 4.52. The van der Waals surface area contributed by atoms with E-state index in [2.05, 4.69) is 20.4 Å². The molecule has 7 heteroatoms. The summed E-state index contributed by atoms with van der Waals surface area (Å²) in [6, 6.07) is 1.84. The molecule has 0 aromatic carbocycles. The van der Waals surface area contributed by atoms with Crippen LogP contribution >= 0.6 is 0 Å². The molecule has 1 aliphatic rings. The zero-order valence-electron chi connectivity index (χ0n) is 14.1. The first-order valence-electron chi connectivity index (χ1n) is 8.48. The van der Waals surface area contributed by atoms with Crippen molar-refractivity contribution in [1.82, 2.24) is 24.6 Å². The number of carbonyl (C=O) groups excluding carboxylic acids is 1. The Bertz CT molecular complexity index is 640. The van der Waals surface area contributed by atoms with Crippen LogP contribution in [-0.4, -0.2) is 50.7 Å². The highest BCUT2D eigenvalue weighted by molar-refractivity contribution is 5.75. The summed E-state index contributed by atoms with van der Waals surface area (Å²) in [7, 11) is 1.84. The van der Waals surface area contributed by atoms with Crippen molar-refractivity contribution >= 4 is 11.7 Å². The number of amides is 1. The van der Waals surface area contributed by atoms with Crippen molar-refractivity contribution in [3.63, 3.8) is 0 Å². The van der Waals surface area contributed by atoms with E-state index in [9.17, 15) is 4.79 Å². The highest BCUT2D eigenvalue weighted by Crippen LogP contribution is 2.21. The van der Waals surface area contributed by atoms with Gasteiger partial charge in [-0.25, -0.2) is 4.98 Å². The minimum atomic E-state index is 0.150. The molecule has 2 aromatic heterocycles. The molecule has 2 aromatic rings. The van der Waals surface area contributed by atoms with Crippen LogP contribution in [-0.2, 0) is 17.8 Å². The number of likely N-dealkylation sites (tertiary alicyclic amines) is 1. The van der Waals surface area contributed by atoms with Gasteiger partial charge in [0.25, 0.3) is 0 Å². The van der Waals surface area contributed by atoms with E-state index in [0.29, 0.717) is 12.5 Å². The third-order valence-electron chi connectivity index (χ3n) is 4.52. The van der Waals surface area contributed by atoms with Gasteiger partial charge in [0, 0.05) is 32.5 Å². The summed E-state index contributed by atoms with van der Waals surface area (Å²) in [6.45, 7) is 1.97. The number of rotatable bonds is 5. The molecule has 24 heavy (non-hydrogen) atoms. The van der Waals surface area contributed by atoms with Crippen LogP contribution in [0.2, 0.25) is 0 Å². The topological polar surface area (TPSA) is 75.9 Å². The molecule has 0 aliphatic carbocycles. The zero-order chi connectivity index (χ0) is 16.8. The van der Waals surface area contributed by atoms with Crippen molar-refractivity contribution in [2.75, 3.05) is 25.5 Å². The van der Waals surface area contributed by atoms with Crippen LogP contribution in [0.3, 0.4) is 0 Å². The van der Waals surface area contributed by atoms with Gasteiger partial charge in [-0.05, 0) is 37.7 Å². The van der Waals surface area contributed by atoms with Gasteiger partial charge in [-0.3, -0.25) is 14.5 Å². The van der Waals surface area contributed by atoms with E-state index < -0.39 is 0 Å². The lowest BCUT2D eigenvalue weighted by atomic mass is 9.95. The van der Waals surface area contributed by atoms with Crippen LogP contribution < -0.4 is 5.32 Å². The maximum atomic E-state index is 12.4.